The van der Waals surface area contributed by atoms with Gasteiger partial charge in [0.05, 0.1) is 4.88 Å². The summed E-state index contributed by atoms with van der Waals surface area (Å²) in [5.41, 5.74) is 2.66. The minimum atomic E-state index is -0.488. The third kappa shape index (κ3) is 3.57. The SMILES string of the molecule is O=C(Nc1cccc(C#Cc2cccs2)c1)[C@@H]1Cc2ccccc2O1. The second kappa shape index (κ2) is 6.84. The molecule has 0 unspecified atom stereocenters. The molecule has 25 heavy (non-hydrogen) atoms. The fourth-order valence-electron chi connectivity index (χ4n) is 2.71. The molecule has 0 bridgehead atoms. The second-order valence-electron chi connectivity index (χ2n) is 5.72. The highest BCUT2D eigenvalue weighted by atomic mass is 32.1. The molecule has 0 saturated carbocycles. The monoisotopic (exact) mass is 345 g/mol. The van der Waals surface area contributed by atoms with Gasteiger partial charge in [-0.25, -0.2) is 0 Å². The van der Waals surface area contributed by atoms with Crippen molar-refractivity contribution < 1.29 is 9.53 Å². The van der Waals surface area contributed by atoms with E-state index in [1.54, 1.807) is 11.3 Å². The van der Waals surface area contributed by atoms with Gasteiger partial charge in [0.25, 0.3) is 5.91 Å². The Bertz CT molecular complexity index is 942. The minimum absolute atomic E-state index is 0.139. The first-order chi connectivity index (χ1) is 12.3. The van der Waals surface area contributed by atoms with E-state index in [1.807, 2.05) is 66.0 Å². The zero-order valence-corrected chi connectivity index (χ0v) is 14.2. The predicted octanol–water partition coefficient (Wildman–Crippen LogP) is 4.09. The molecule has 1 aliphatic heterocycles. The normalized spacial score (nSPS) is 14.8. The summed E-state index contributed by atoms with van der Waals surface area (Å²) in [7, 11) is 0. The lowest BCUT2D eigenvalue weighted by Crippen LogP contribution is -2.31. The molecule has 4 rings (SSSR count). The average Bonchev–Trinajstić information content (AvgIpc) is 3.29. The third-order valence-corrected chi connectivity index (χ3v) is 4.71. The van der Waals surface area contributed by atoms with Crippen molar-refractivity contribution in [1.29, 1.82) is 0 Å². The lowest BCUT2D eigenvalue weighted by Gasteiger charge is -2.11. The number of carbonyl (C=O) groups excluding carboxylic acids is 1. The second-order valence-corrected chi connectivity index (χ2v) is 6.66. The Balaban J connectivity index is 1.45. The van der Waals surface area contributed by atoms with E-state index in [0.717, 1.165) is 27.4 Å². The van der Waals surface area contributed by atoms with Gasteiger partial charge in [-0.2, -0.15) is 0 Å². The van der Waals surface area contributed by atoms with Crippen molar-refractivity contribution in [3.05, 3.63) is 82.0 Å². The first-order valence-electron chi connectivity index (χ1n) is 7.99. The summed E-state index contributed by atoms with van der Waals surface area (Å²) in [6.07, 6.45) is 0.109. The van der Waals surface area contributed by atoms with Gasteiger partial charge in [-0.1, -0.05) is 42.2 Å². The molecular formula is C21H15NO2S. The Labute approximate surface area is 150 Å². The Morgan fingerprint density at radius 3 is 2.84 bits per heavy atom. The molecule has 2 aromatic carbocycles. The maximum absolute atomic E-state index is 12.5. The molecule has 0 saturated heterocycles. The van der Waals surface area contributed by atoms with Crippen LogP contribution in [0.1, 0.15) is 16.0 Å². The van der Waals surface area contributed by atoms with E-state index in [-0.39, 0.29) is 5.91 Å². The molecule has 0 radical (unpaired) electrons. The van der Waals surface area contributed by atoms with Gasteiger partial charge >= 0.3 is 0 Å². The van der Waals surface area contributed by atoms with E-state index in [4.69, 9.17) is 4.74 Å². The summed E-state index contributed by atoms with van der Waals surface area (Å²) in [6, 6.07) is 19.3. The number of benzene rings is 2. The van der Waals surface area contributed by atoms with Crippen molar-refractivity contribution in [2.45, 2.75) is 12.5 Å². The number of hydrogen-bond donors (Lipinski definition) is 1. The number of nitrogens with one attached hydrogen (secondary N) is 1. The van der Waals surface area contributed by atoms with Gasteiger partial charge in [0.1, 0.15) is 5.75 Å². The fourth-order valence-corrected chi connectivity index (χ4v) is 3.28. The van der Waals surface area contributed by atoms with Gasteiger partial charge in [-0.15, -0.1) is 11.3 Å². The number of rotatable bonds is 2. The molecule has 0 fully saturated rings. The van der Waals surface area contributed by atoms with E-state index in [1.165, 1.54) is 0 Å². The molecule has 122 valence electrons. The molecule has 1 amide bonds. The highest BCUT2D eigenvalue weighted by Gasteiger charge is 2.28. The average molecular weight is 345 g/mol. The van der Waals surface area contributed by atoms with Crippen molar-refractivity contribution >= 4 is 22.9 Å². The van der Waals surface area contributed by atoms with Crippen LogP contribution in [0.2, 0.25) is 0 Å². The summed E-state index contributed by atoms with van der Waals surface area (Å²) < 4.78 is 5.73. The third-order valence-electron chi connectivity index (χ3n) is 3.92. The standard InChI is InChI=1S/C21H15NO2S/c23-21(20-14-16-6-1-2-9-19(16)24-20)22-17-7-3-5-15(13-17)10-11-18-8-4-12-25-18/h1-9,12-13,20H,14H2,(H,22,23)/t20-/m0/s1. The Hall–Kier alpha value is -3.03. The van der Waals surface area contributed by atoms with Crippen LogP contribution in [-0.2, 0) is 11.2 Å². The fraction of sp³-hybridized carbons (Fsp3) is 0.0952. The van der Waals surface area contributed by atoms with Crippen LogP contribution in [0, 0.1) is 11.8 Å². The van der Waals surface area contributed by atoms with Crippen LogP contribution in [0.3, 0.4) is 0 Å². The largest absolute Gasteiger partial charge is 0.480 e. The first kappa shape index (κ1) is 15.5. The molecule has 3 aromatic rings. The maximum atomic E-state index is 12.5. The number of hydrogen-bond acceptors (Lipinski definition) is 3. The molecule has 1 atom stereocenters. The van der Waals surface area contributed by atoms with Crippen LogP contribution in [0.4, 0.5) is 5.69 Å². The number of carbonyl (C=O) groups is 1. The maximum Gasteiger partial charge on any atom is 0.265 e. The Kier molecular flexibility index (Phi) is 4.24. The van der Waals surface area contributed by atoms with Gasteiger partial charge in [-0.05, 0) is 41.3 Å². The van der Waals surface area contributed by atoms with E-state index in [9.17, 15) is 4.79 Å². The number of amides is 1. The van der Waals surface area contributed by atoms with Crippen LogP contribution < -0.4 is 10.1 Å². The van der Waals surface area contributed by atoms with Crippen LogP contribution in [-0.4, -0.2) is 12.0 Å². The van der Waals surface area contributed by atoms with Gasteiger partial charge in [-0.3, -0.25) is 4.79 Å². The minimum Gasteiger partial charge on any atom is -0.480 e. The lowest BCUT2D eigenvalue weighted by atomic mass is 10.1. The zero-order chi connectivity index (χ0) is 17.1. The summed E-state index contributed by atoms with van der Waals surface area (Å²) in [5, 5.41) is 4.92. The summed E-state index contributed by atoms with van der Waals surface area (Å²) in [4.78, 5) is 13.5. The number of fused-ring (bicyclic) bond motifs is 1. The van der Waals surface area contributed by atoms with Gasteiger partial charge < -0.3 is 10.1 Å². The molecule has 1 aromatic heterocycles. The lowest BCUT2D eigenvalue weighted by molar-refractivity contribution is -0.122. The van der Waals surface area contributed by atoms with Crippen molar-refractivity contribution in [3.8, 4) is 17.6 Å². The highest BCUT2D eigenvalue weighted by molar-refractivity contribution is 7.10. The molecule has 0 spiro atoms. The van der Waals surface area contributed by atoms with Crippen LogP contribution in [0.15, 0.2) is 66.0 Å². The Morgan fingerprint density at radius 2 is 2.00 bits per heavy atom. The van der Waals surface area contributed by atoms with Crippen molar-refractivity contribution in [2.75, 3.05) is 5.32 Å². The van der Waals surface area contributed by atoms with E-state index in [2.05, 4.69) is 17.2 Å². The number of thiophene rings is 1. The number of ether oxygens (including phenoxy) is 1. The number of anilines is 1. The first-order valence-corrected chi connectivity index (χ1v) is 8.87. The van der Waals surface area contributed by atoms with Crippen molar-refractivity contribution in [1.82, 2.24) is 0 Å². The topological polar surface area (TPSA) is 38.3 Å². The predicted molar refractivity (Wildman–Crippen MR) is 99.9 cm³/mol. The molecule has 4 heteroatoms. The van der Waals surface area contributed by atoms with Crippen molar-refractivity contribution in [3.63, 3.8) is 0 Å². The van der Waals surface area contributed by atoms with Gasteiger partial charge in [0.15, 0.2) is 6.10 Å². The highest BCUT2D eigenvalue weighted by Crippen LogP contribution is 2.28. The van der Waals surface area contributed by atoms with Gasteiger partial charge in [0, 0.05) is 17.7 Å². The summed E-state index contributed by atoms with van der Waals surface area (Å²) in [5.74, 6) is 6.89. The smallest absolute Gasteiger partial charge is 0.265 e. The summed E-state index contributed by atoms with van der Waals surface area (Å²) in [6.45, 7) is 0. The Morgan fingerprint density at radius 1 is 1.08 bits per heavy atom. The number of para-hydroxylation sites is 1. The van der Waals surface area contributed by atoms with Crippen LogP contribution in [0.5, 0.6) is 5.75 Å². The van der Waals surface area contributed by atoms with Crippen LogP contribution in [0.25, 0.3) is 0 Å². The molecule has 1 aliphatic rings. The molecule has 1 N–H and O–H groups in total. The van der Waals surface area contributed by atoms with Gasteiger partial charge in [0.2, 0.25) is 0 Å². The molecule has 2 heterocycles. The molecular weight excluding hydrogens is 330 g/mol. The zero-order valence-electron chi connectivity index (χ0n) is 13.4. The van der Waals surface area contributed by atoms with E-state index >= 15 is 0 Å². The van der Waals surface area contributed by atoms with E-state index in [0.29, 0.717) is 6.42 Å². The van der Waals surface area contributed by atoms with Crippen LogP contribution >= 0.6 is 11.3 Å². The van der Waals surface area contributed by atoms with Crippen molar-refractivity contribution in [2.24, 2.45) is 0 Å². The van der Waals surface area contributed by atoms with E-state index < -0.39 is 6.10 Å². The summed E-state index contributed by atoms with van der Waals surface area (Å²) >= 11 is 1.61. The quantitative estimate of drug-likeness (QED) is 0.711. The molecule has 0 aliphatic carbocycles. The molecule has 3 nitrogen and oxygen atoms in total.